The number of rotatable bonds is 5. The summed E-state index contributed by atoms with van der Waals surface area (Å²) in [5, 5.41) is 14.6. The normalized spacial score (nSPS) is 18.2. The molecule has 2 rings (SSSR count). The monoisotopic (exact) mass is 294 g/mol. The SMILES string of the molecule is O=C(CCC1CCCCN1)Nc1cc(C(=O)O)ccc1F. The second-order valence-corrected chi connectivity index (χ2v) is 5.23. The summed E-state index contributed by atoms with van der Waals surface area (Å²) in [6.07, 6.45) is 4.36. The number of benzene rings is 1. The number of anilines is 1. The number of carboxylic acids is 1. The van der Waals surface area contributed by atoms with Crippen LogP contribution < -0.4 is 10.6 Å². The number of aromatic carboxylic acids is 1. The highest BCUT2D eigenvalue weighted by atomic mass is 19.1. The first-order chi connectivity index (χ1) is 10.1. The van der Waals surface area contributed by atoms with Gasteiger partial charge < -0.3 is 15.7 Å². The maximum atomic E-state index is 13.6. The Morgan fingerprint density at radius 2 is 2.19 bits per heavy atom. The van der Waals surface area contributed by atoms with Gasteiger partial charge in [0.1, 0.15) is 5.82 Å². The molecule has 1 amide bonds. The van der Waals surface area contributed by atoms with E-state index in [1.807, 2.05) is 0 Å². The molecule has 114 valence electrons. The minimum atomic E-state index is -1.16. The molecule has 0 saturated carbocycles. The summed E-state index contributed by atoms with van der Waals surface area (Å²) in [6.45, 7) is 0.974. The lowest BCUT2D eigenvalue weighted by atomic mass is 10.0. The molecular weight excluding hydrogens is 275 g/mol. The van der Waals surface area contributed by atoms with Crippen LogP contribution in [0, 0.1) is 5.82 Å². The standard InChI is InChI=1S/C15H19FN2O3/c16-12-6-4-10(15(20)21)9-13(12)18-14(19)7-5-11-3-1-2-8-17-11/h4,6,9,11,17H,1-3,5,7-8H2,(H,18,19)(H,20,21). The molecule has 1 aromatic rings. The van der Waals surface area contributed by atoms with Gasteiger partial charge in [0, 0.05) is 12.5 Å². The first kappa shape index (κ1) is 15.4. The van der Waals surface area contributed by atoms with Crippen molar-refractivity contribution >= 4 is 17.6 Å². The van der Waals surface area contributed by atoms with Crippen molar-refractivity contribution in [3.8, 4) is 0 Å². The molecule has 1 aromatic carbocycles. The molecular formula is C15H19FN2O3. The van der Waals surface area contributed by atoms with E-state index in [0.717, 1.165) is 37.9 Å². The summed E-state index contributed by atoms with van der Waals surface area (Å²) >= 11 is 0. The Bertz CT molecular complexity index is 528. The highest BCUT2D eigenvalue weighted by Crippen LogP contribution is 2.17. The largest absolute Gasteiger partial charge is 0.478 e. The number of halogens is 1. The van der Waals surface area contributed by atoms with Gasteiger partial charge in [0.05, 0.1) is 11.3 Å². The van der Waals surface area contributed by atoms with E-state index < -0.39 is 11.8 Å². The van der Waals surface area contributed by atoms with Gasteiger partial charge in [-0.1, -0.05) is 6.42 Å². The third kappa shape index (κ3) is 4.53. The molecule has 1 unspecified atom stereocenters. The zero-order chi connectivity index (χ0) is 15.2. The van der Waals surface area contributed by atoms with Gasteiger partial charge in [-0.05, 0) is 44.0 Å². The number of hydrogen-bond donors (Lipinski definition) is 3. The fourth-order valence-electron chi connectivity index (χ4n) is 2.44. The van der Waals surface area contributed by atoms with Crippen LogP contribution in [-0.4, -0.2) is 29.6 Å². The fourth-order valence-corrected chi connectivity index (χ4v) is 2.44. The van der Waals surface area contributed by atoms with Crippen molar-refractivity contribution in [2.75, 3.05) is 11.9 Å². The Morgan fingerprint density at radius 3 is 2.86 bits per heavy atom. The minimum Gasteiger partial charge on any atom is -0.478 e. The fraction of sp³-hybridized carbons (Fsp3) is 0.467. The summed E-state index contributed by atoms with van der Waals surface area (Å²) in [5.74, 6) is -2.09. The molecule has 1 fully saturated rings. The Morgan fingerprint density at radius 1 is 1.38 bits per heavy atom. The van der Waals surface area contributed by atoms with Crippen molar-refractivity contribution in [1.82, 2.24) is 5.32 Å². The van der Waals surface area contributed by atoms with E-state index in [0.29, 0.717) is 12.5 Å². The molecule has 0 spiro atoms. The average molecular weight is 294 g/mol. The first-order valence-corrected chi connectivity index (χ1v) is 7.12. The van der Waals surface area contributed by atoms with Gasteiger partial charge in [0.15, 0.2) is 0 Å². The number of carbonyl (C=O) groups is 2. The van der Waals surface area contributed by atoms with Crippen molar-refractivity contribution in [1.29, 1.82) is 0 Å². The van der Waals surface area contributed by atoms with Gasteiger partial charge in [0.2, 0.25) is 5.91 Å². The Labute approximate surface area is 122 Å². The molecule has 1 aliphatic heterocycles. The summed E-state index contributed by atoms with van der Waals surface area (Å²) in [7, 11) is 0. The van der Waals surface area contributed by atoms with Crippen LogP contribution in [0.1, 0.15) is 42.5 Å². The van der Waals surface area contributed by atoms with E-state index >= 15 is 0 Å². The molecule has 6 heteroatoms. The third-order valence-electron chi connectivity index (χ3n) is 3.62. The van der Waals surface area contributed by atoms with Crippen molar-refractivity contribution in [3.05, 3.63) is 29.6 Å². The predicted octanol–water partition coefficient (Wildman–Crippen LogP) is 2.38. The molecule has 0 aromatic heterocycles. The summed E-state index contributed by atoms with van der Waals surface area (Å²) in [5.41, 5.74) is -0.142. The van der Waals surface area contributed by atoms with E-state index in [4.69, 9.17) is 5.11 Å². The zero-order valence-electron chi connectivity index (χ0n) is 11.7. The van der Waals surface area contributed by atoms with Gasteiger partial charge in [-0.2, -0.15) is 0 Å². The molecule has 3 N–H and O–H groups in total. The molecule has 0 bridgehead atoms. The first-order valence-electron chi connectivity index (χ1n) is 7.12. The maximum Gasteiger partial charge on any atom is 0.335 e. The van der Waals surface area contributed by atoms with Crippen LogP contribution in [-0.2, 0) is 4.79 Å². The van der Waals surface area contributed by atoms with E-state index in [1.165, 1.54) is 6.07 Å². The highest BCUT2D eigenvalue weighted by molar-refractivity contribution is 5.94. The van der Waals surface area contributed by atoms with Crippen LogP contribution >= 0.6 is 0 Å². The number of carboxylic acid groups (broad SMARTS) is 1. The molecule has 5 nitrogen and oxygen atoms in total. The van der Waals surface area contributed by atoms with Crippen LogP contribution in [0.15, 0.2) is 18.2 Å². The quantitative estimate of drug-likeness (QED) is 0.779. The van der Waals surface area contributed by atoms with Gasteiger partial charge in [-0.15, -0.1) is 0 Å². The van der Waals surface area contributed by atoms with Gasteiger partial charge in [0.25, 0.3) is 0 Å². The second-order valence-electron chi connectivity index (χ2n) is 5.23. The number of carbonyl (C=O) groups excluding carboxylic acids is 1. The zero-order valence-corrected chi connectivity index (χ0v) is 11.7. The number of nitrogens with one attached hydrogen (secondary N) is 2. The van der Waals surface area contributed by atoms with Crippen molar-refractivity contribution in [2.45, 2.75) is 38.1 Å². The van der Waals surface area contributed by atoms with Gasteiger partial charge in [-0.3, -0.25) is 4.79 Å². The highest BCUT2D eigenvalue weighted by Gasteiger charge is 2.15. The second kappa shape index (κ2) is 7.17. The van der Waals surface area contributed by atoms with Gasteiger partial charge in [-0.25, -0.2) is 9.18 Å². The molecule has 1 atom stereocenters. The average Bonchev–Trinajstić information content (AvgIpc) is 2.48. The number of hydrogen-bond acceptors (Lipinski definition) is 3. The smallest absolute Gasteiger partial charge is 0.335 e. The molecule has 1 aliphatic rings. The Balaban J connectivity index is 1.89. The summed E-state index contributed by atoms with van der Waals surface area (Å²) in [4.78, 5) is 22.7. The van der Waals surface area contributed by atoms with Crippen molar-refractivity contribution in [2.24, 2.45) is 0 Å². The van der Waals surface area contributed by atoms with Crippen LogP contribution in [0.5, 0.6) is 0 Å². The summed E-state index contributed by atoms with van der Waals surface area (Å²) in [6, 6.07) is 3.68. The topological polar surface area (TPSA) is 78.4 Å². The van der Waals surface area contributed by atoms with E-state index in [9.17, 15) is 14.0 Å². The lowest BCUT2D eigenvalue weighted by Gasteiger charge is -2.23. The predicted molar refractivity (Wildman–Crippen MR) is 76.9 cm³/mol. The molecule has 21 heavy (non-hydrogen) atoms. The molecule has 0 aliphatic carbocycles. The number of amides is 1. The molecule has 1 heterocycles. The van der Waals surface area contributed by atoms with E-state index in [2.05, 4.69) is 10.6 Å². The number of piperidine rings is 1. The van der Waals surface area contributed by atoms with Crippen LogP contribution in [0.4, 0.5) is 10.1 Å². The molecule has 1 saturated heterocycles. The van der Waals surface area contributed by atoms with Crippen LogP contribution in [0.25, 0.3) is 0 Å². The van der Waals surface area contributed by atoms with Crippen molar-refractivity contribution in [3.63, 3.8) is 0 Å². The minimum absolute atomic E-state index is 0.0550. The Kier molecular flexibility index (Phi) is 5.27. The molecule has 0 radical (unpaired) electrons. The third-order valence-corrected chi connectivity index (χ3v) is 3.62. The van der Waals surface area contributed by atoms with E-state index in [-0.39, 0.29) is 23.6 Å². The summed E-state index contributed by atoms with van der Waals surface area (Å²) < 4.78 is 13.6. The van der Waals surface area contributed by atoms with Crippen molar-refractivity contribution < 1.29 is 19.1 Å². The van der Waals surface area contributed by atoms with Crippen LogP contribution in [0.2, 0.25) is 0 Å². The lowest BCUT2D eigenvalue weighted by molar-refractivity contribution is -0.116. The Hall–Kier alpha value is -1.95. The van der Waals surface area contributed by atoms with E-state index in [1.54, 1.807) is 0 Å². The maximum absolute atomic E-state index is 13.6. The van der Waals surface area contributed by atoms with Crippen LogP contribution in [0.3, 0.4) is 0 Å². The van der Waals surface area contributed by atoms with Gasteiger partial charge >= 0.3 is 5.97 Å². The lowest BCUT2D eigenvalue weighted by Crippen LogP contribution is -2.34.